The maximum atomic E-state index is 13.4. The standard InChI is InChI=1S/C30H40ClN5O4S/c1-19(2)15-24-28(39)32-18-30(9-5-6-14-40-25-8-7-22(31)16-23(25)27(38)34-24)10-12-36(13-11-30)17-26(37)35-29-33-20(3)21(4)41-29/h5-8,16,19,24H,9-15,17-18H2,1-4H3,(H,32,39)(H,34,38)(H,33,35,37)/b6-5+/t24-/m0/s1. The number of ether oxygens (including phenoxy) is 1. The van der Waals surface area contributed by atoms with E-state index in [4.69, 9.17) is 16.3 Å². The lowest BCUT2D eigenvalue weighted by atomic mass is 9.75. The summed E-state index contributed by atoms with van der Waals surface area (Å²) in [6, 6.07) is 4.24. The second-order valence-electron chi connectivity index (χ2n) is 11.5. The molecule has 0 aliphatic carbocycles. The van der Waals surface area contributed by atoms with Crippen molar-refractivity contribution in [2.45, 2.75) is 59.4 Å². The van der Waals surface area contributed by atoms with Gasteiger partial charge in [0.2, 0.25) is 11.8 Å². The van der Waals surface area contributed by atoms with E-state index in [-0.39, 0.29) is 23.1 Å². The van der Waals surface area contributed by atoms with Crippen LogP contribution in [-0.2, 0) is 9.59 Å². The van der Waals surface area contributed by atoms with Crippen LogP contribution in [-0.4, -0.2) is 66.4 Å². The Bertz CT molecular complexity index is 1270. The zero-order valence-electron chi connectivity index (χ0n) is 24.2. The summed E-state index contributed by atoms with van der Waals surface area (Å²) in [6.45, 7) is 10.5. The number of aryl methyl sites for hydroxylation is 2. The van der Waals surface area contributed by atoms with Gasteiger partial charge in [0, 0.05) is 16.4 Å². The molecular weight excluding hydrogens is 562 g/mol. The molecule has 2 aliphatic rings. The Kier molecular flexibility index (Phi) is 10.4. The maximum absolute atomic E-state index is 13.4. The van der Waals surface area contributed by atoms with Crippen LogP contribution >= 0.6 is 22.9 Å². The minimum absolute atomic E-state index is 0.0695. The third-order valence-corrected chi connectivity index (χ3v) is 8.99. The van der Waals surface area contributed by atoms with Crippen LogP contribution in [0.2, 0.25) is 5.02 Å². The third kappa shape index (κ3) is 8.53. The first-order valence-electron chi connectivity index (χ1n) is 14.2. The zero-order chi connectivity index (χ0) is 29.6. The van der Waals surface area contributed by atoms with Gasteiger partial charge < -0.3 is 20.7 Å². The first-order chi connectivity index (χ1) is 19.5. The average Bonchev–Trinajstić information content (AvgIpc) is 3.23. The van der Waals surface area contributed by atoms with E-state index in [1.54, 1.807) is 18.2 Å². The highest BCUT2D eigenvalue weighted by Crippen LogP contribution is 2.35. The number of aromatic nitrogens is 1. The fourth-order valence-electron chi connectivity index (χ4n) is 5.21. The Morgan fingerprint density at radius 2 is 2.00 bits per heavy atom. The Morgan fingerprint density at radius 3 is 2.68 bits per heavy atom. The van der Waals surface area contributed by atoms with E-state index in [9.17, 15) is 14.4 Å². The minimum atomic E-state index is -0.688. The molecular formula is C30H40ClN5O4S. The number of likely N-dealkylation sites (tertiary alicyclic amines) is 1. The number of hydrogen-bond acceptors (Lipinski definition) is 7. The van der Waals surface area contributed by atoms with Crippen LogP contribution in [0.25, 0.3) is 0 Å². The van der Waals surface area contributed by atoms with Crippen LogP contribution in [0.15, 0.2) is 30.4 Å². The SMILES string of the molecule is Cc1nc(NC(=O)CN2CCC3(C/C=C/COc4ccc(Cl)cc4C(=O)N[C@@H](CC(C)C)C(=O)NC3)CC2)sc1C. The number of hydrogen-bond donors (Lipinski definition) is 3. The Morgan fingerprint density at radius 1 is 1.24 bits per heavy atom. The van der Waals surface area contributed by atoms with Crippen molar-refractivity contribution in [1.82, 2.24) is 20.5 Å². The first kappa shape index (κ1) is 31.0. The molecule has 9 nitrogen and oxygen atoms in total. The molecule has 1 spiro atoms. The molecule has 1 atom stereocenters. The lowest BCUT2D eigenvalue weighted by Crippen LogP contribution is -2.52. The number of amides is 3. The van der Waals surface area contributed by atoms with Crippen molar-refractivity contribution in [3.05, 3.63) is 51.5 Å². The van der Waals surface area contributed by atoms with Crippen LogP contribution in [0.1, 0.15) is 60.5 Å². The summed E-state index contributed by atoms with van der Waals surface area (Å²) in [5, 5.41) is 10.0. The number of halogens is 1. The van der Waals surface area contributed by atoms with Gasteiger partial charge in [0.25, 0.3) is 5.91 Å². The quantitative estimate of drug-likeness (QED) is 0.427. The van der Waals surface area contributed by atoms with Gasteiger partial charge in [0.05, 0.1) is 17.8 Å². The van der Waals surface area contributed by atoms with Crippen molar-refractivity contribution in [2.75, 3.05) is 38.1 Å². The molecule has 2 aliphatic heterocycles. The van der Waals surface area contributed by atoms with Crippen LogP contribution in [0.5, 0.6) is 5.75 Å². The summed E-state index contributed by atoms with van der Waals surface area (Å²) in [5.74, 6) is -0.0495. The third-order valence-electron chi connectivity index (χ3n) is 7.76. The molecule has 3 N–H and O–H groups in total. The van der Waals surface area contributed by atoms with Gasteiger partial charge in [0.1, 0.15) is 18.4 Å². The summed E-state index contributed by atoms with van der Waals surface area (Å²) in [4.78, 5) is 47.0. The Hall–Kier alpha value is -2.95. The molecule has 0 unspecified atom stereocenters. The van der Waals surface area contributed by atoms with Gasteiger partial charge in [-0.15, -0.1) is 11.3 Å². The highest BCUT2D eigenvalue weighted by Gasteiger charge is 2.35. The molecule has 222 valence electrons. The summed E-state index contributed by atoms with van der Waals surface area (Å²) in [7, 11) is 0. The molecule has 0 saturated carbocycles. The average molecular weight is 602 g/mol. The lowest BCUT2D eigenvalue weighted by Gasteiger charge is -2.41. The van der Waals surface area contributed by atoms with Gasteiger partial charge >= 0.3 is 0 Å². The topological polar surface area (TPSA) is 113 Å². The number of benzene rings is 1. The van der Waals surface area contributed by atoms with Crippen LogP contribution < -0.4 is 20.7 Å². The number of piperidine rings is 1. The van der Waals surface area contributed by atoms with E-state index in [0.717, 1.165) is 42.9 Å². The predicted molar refractivity (Wildman–Crippen MR) is 163 cm³/mol. The monoisotopic (exact) mass is 601 g/mol. The van der Waals surface area contributed by atoms with Gasteiger partial charge in [0.15, 0.2) is 5.13 Å². The van der Waals surface area contributed by atoms with Crippen LogP contribution in [0, 0.1) is 25.2 Å². The van der Waals surface area contributed by atoms with Gasteiger partial charge in [-0.3, -0.25) is 19.3 Å². The van der Waals surface area contributed by atoms with Crippen molar-refractivity contribution < 1.29 is 19.1 Å². The maximum Gasteiger partial charge on any atom is 0.255 e. The summed E-state index contributed by atoms with van der Waals surface area (Å²) in [6.07, 6.45) is 6.96. The molecule has 41 heavy (non-hydrogen) atoms. The van der Waals surface area contributed by atoms with Crippen molar-refractivity contribution in [1.29, 1.82) is 0 Å². The van der Waals surface area contributed by atoms with Crippen LogP contribution in [0.4, 0.5) is 5.13 Å². The second kappa shape index (κ2) is 13.8. The number of thiazole rings is 1. The number of allylic oxidation sites excluding steroid dienone is 1. The predicted octanol–water partition coefficient (Wildman–Crippen LogP) is 4.73. The molecule has 1 aromatic carbocycles. The van der Waals surface area contributed by atoms with Crippen molar-refractivity contribution in [2.24, 2.45) is 11.3 Å². The Balaban J connectivity index is 1.45. The van der Waals surface area contributed by atoms with E-state index >= 15 is 0 Å². The van der Waals surface area contributed by atoms with Crippen molar-refractivity contribution >= 4 is 45.8 Å². The first-order valence-corrected chi connectivity index (χ1v) is 15.4. The van der Waals surface area contributed by atoms with Crippen molar-refractivity contribution in [3.63, 3.8) is 0 Å². The molecule has 2 aromatic rings. The van der Waals surface area contributed by atoms with E-state index in [1.165, 1.54) is 11.3 Å². The van der Waals surface area contributed by atoms with E-state index in [2.05, 4.69) is 31.9 Å². The van der Waals surface area contributed by atoms with Gasteiger partial charge in [-0.25, -0.2) is 4.98 Å². The molecule has 1 aromatic heterocycles. The molecule has 1 saturated heterocycles. The fraction of sp³-hybridized carbons (Fsp3) is 0.533. The van der Waals surface area contributed by atoms with Gasteiger partial charge in [-0.05, 0) is 82.2 Å². The fourth-order valence-corrected chi connectivity index (χ4v) is 6.21. The summed E-state index contributed by atoms with van der Waals surface area (Å²) >= 11 is 7.66. The smallest absolute Gasteiger partial charge is 0.255 e. The van der Waals surface area contributed by atoms with E-state index in [1.807, 2.05) is 33.8 Å². The van der Waals surface area contributed by atoms with Gasteiger partial charge in [-0.1, -0.05) is 37.6 Å². The minimum Gasteiger partial charge on any atom is -0.489 e. The number of rotatable bonds is 5. The second-order valence-corrected chi connectivity index (χ2v) is 13.1. The number of fused-ring (bicyclic) bond motifs is 1. The molecule has 3 heterocycles. The molecule has 3 amide bonds. The molecule has 0 bridgehead atoms. The number of carbonyl (C=O) groups excluding carboxylic acids is 3. The Labute approximate surface area is 251 Å². The molecule has 1 fully saturated rings. The molecule has 4 rings (SSSR count). The number of anilines is 1. The summed E-state index contributed by atoms with van der Waals surface area (Å²) in [5.41, 5.74) is 1.07. The highest BCUT2D eigenvalue weighted by molar-refractivity contribution is 7.15. The number of nitrogens with zero attached hydrogens (tertiary/aromatic N) is 2. The van der Waals surface area contributed by atoms with E-state index in [0.29, 0.717) is 47.6 Å². The van der Waals surface area contributed by atoms with E-state index < -0.39 is 11.9 Å². The number of nitrogens with one attached hydrogen (secondary N) is 3. The molecule has 11 heteroatoms. The van der Waals surface area contributed by atoms with Crippen LogP contribution in [0.3, 0.4) is 0 Å². The normalized spacial score (nSPS) is 20.9. The molecule has 0 radical (unpaired) electrons. The zero-order valence-corrected chi connectivity index (χ0v) is 25.8. The van der Waals surface area contributed by atoms with Crippen molar-refractivity contribution in [3.8, 4) is 5.75 Å². The highest BCUT2D eigenvalue weighted by atomic mass is 35.5. The number of carbonyl (C=O) groups is 3. The summed E-state index contributed by atoms with van der Waals surface area (Å²) < 4.78 is 5.93. The largest absolute Gasteiger partial charge is 0.489 e. The lowest BCUT2D eigenvalue weighted by molar-refractivity contribution is -0.124. The van der Waals surface area contributed by atoms with Gasteiger partial charge in [-0.2, -0.15) is 0 Å².